The van der Waals surface area contributed by atoms with Gasteiger partial charge in [-0.1, -0.05) is 23.7 Å². The summed E-state index contributed by atoms with van der Waals surface area (Å²) in [6.45, 7) is 3.37. The molecule has 0 aliphatic carbocycles. The lowest BCUT2D eigenvalue weighted by atomic mass is 10.1. The summed E-state index contributed by atoms with van der Waals surface area (Å²) in [5, 5.41) is 3.66. The van der Waals surface area contributed by atoms with Crippen LogP contribution in [0.4, 0.5) is 5.69 Å². The fourth-order valence-corrected chi connectivity index (χ4v) is 3.35. The van der Waals surface area contributed by atoms with Crippen molar-refractivity contribution in [3.05, 3.63) is 59.1 Å². The van der Waals surface area contributed by atoms with Gasteiger partial charge in [-0.3, -0.25) is 4.79 Å². The van der Waals surface area contributed by atoms with E-state index >= 15 is 0 Å². The van der Waals surface area contributed by atoms with Crippen LogP contribution >= 0.6 is 11.6 Å². The van der Waals surface area contributed by atoms with Crippen LogP contribution in [0.5, 0.6) is 5.75 Å². The van der Waals surface area contributed by atoms with Crippen molar-refractivity contribution in [2.45, 2.75) is 38.6 Å². The summed E-state index contributed by atoms with van der Waals surface area (Å²) >= 11 is 5.84. The monoisotopic (exact) mass is 386 g/mol. The van der Waals surface area contributed by atoms with E-state index in [1.54, 1.807) is 12.1 Å². The summed E-state index contributed by atoms with van der Waals surface area (Å²) < 4.78 is 5.60. The van der Waals surface area contributed by atoms with Gasteiger partial charge in [0.05, 0.1) is 6.61 Å². The molecule has 0 radical (unpaired) electrons. The molecule has 4 nitrogen and oxygen atoms in total. The van der Waals surface area contributed by atoms with E-state index in [1.165, 1.54) is 24.9 Å². The number of benzene rings is 2. The lowest BCUT2D eigenvalue weighted by Gasteiger charge is -2.28. The molecule has 0 bridgehead atoms. The van der Waals surface area contributed by atoms with Crippen LogP contribution in [0.25, 0.3) is 0 Å². The Morgan fingerprint density at radius 2 is 1.70 bits per heavy atom. The highest BCUT2D eigenvalue weighted by atomic mass is 35.5. The van der Waals surface area contributed by atoms with E-state index in [9.17, 15) is 4.79 Å². The highest BCUT2D eigenvalue weighted by Crippen LogP contribution is 2.20. The van der Waals surface area contributed by atoms with E-state index in [0.717, 1.165) is 24.4 Å². The summed E-state index contributed by atoms with van der Waals surface area (Å²) in [6, 6.07) is 15.8. The van der Waals surface area contributed by atoms with Crippen molar-refractivity contribution in [1.82, 2.24) is 5.32 Å². The molecule has 5 heteroatoms. The van der Waals surface area contributed by atoms with Gasteiger partial charge in [-0.05, 0) is 67.6 Å². The molecular formula is C22H27ClN2O2. The number of anilines is 1. The molecule has 0 unspecified atom stereocenters. The smallest absolute Gasteiger partial charge is 0.220 e. The molecule has 1 fully saturated rings. The quantitative estimate of drug-likeness (QED) is 0.662. The van der Waals surface area contributed by atoms with Gasteiger partial charge in [0, 0.05) is 36.8 Å². The minimum absolute atomic E-state index is 0.0508. The van der Waals surface area contributed by atoms with E-state index in [2.05, 4.69) is 34.5 Å². The first kappa shape index (κ1) is 19.6. The molecule has 144 valence electrons. The maximum atomic E-state index is 12.0. The van der Waals surface area contributed by atoms with Crippen LogP contribution in [0, 0.1) is 0 Å². The molecular weight excluding hydrogens is 360 g/mol. The van der Waals surface area contributed by atoms with Gasteiger partial charge in [0.15, 0.2) is 0 Å². The third kappa shape index (κ3) is 6.47. The first-order valence-electron chi connectivity index (χ1n) is 9.70. The molecule has 1 saturated heterocycles. The fourth-order valence-electron chi connectivity index (χ4n) is 3.22. The number of nitrogens with zero attached hydrogens (tertiary/aromatic N) is 1. The third-order valence-corrected chi connectivity index (χ3v) is 5.03. The normalized spacial score (nSPS) is 14.0. The zero-order valence-electron chi connectivity index (χ0n) is 15.6. The largest absolute Gasteiger partial charge is 0.494 e. The average molecular weight is 387 g/mol. The Bertz CT molecular complexity index is 710. The van der Waals surface area contributed by atoms with Gasteiger partial charge in [-0.15, -0.1) is 0 Å². The number of carbonyl (C=O) groups is 1. The van der Waals surface area contributed by atoms with Crippen LogP contribution in [0.1, 0.15) is 37.7 Å². The molecule has 1 N–H and O–H groups in total. The molecule has 1 amide bonds. The first-order chi connectivity index (χ1) is 13.2. The molecule has 27 heavy (non-hydrogen) atoms. The van der Waals surface area contributed by atoms with Gasteiger partial charge in [-0.25, -0.2) is 0 Å². The van der Waals surface area contributed by atoms with Gasteiger partial charge < -0.3 is 15.0 Å². The summed E-state index contributed by atoms with van der Waals surface area (Å²) in [5.41, 5.74) is 2.41. The number of halogens is 1. The Hall–Kier alpha value is -2.20. The molecule has 1 aliphatic heterocycles. The number of ether oxygens (including phenoxy) is 1. The second-order valence-electron chi connectivity index (χ2n) is 6.90. The topological polar surface area (TPSA) is 41.6 Å². The molecule has 0 saturated carbocycles. The zero-order valence-corrected chi connectivity index (χ0v) is 16.4. The number of rotatable bonds is 8. The summed E-state index contributed by atoms with van der Waals surface area (Å²) in [5.74, 6) is 0.823. The van der Waals surface area contributed by atoms with Gasteiger partial charge in [0.2, 0.25) is 5.91 Å². The number of piperidine rings is 1. The number of hydrogen-bond donors (Lipinski definition) is 1. The number of amides is 1. The lowest BCUT2D eigenvalue weighted by molar-refractivity contribution is -0.121. The second kappa shape index (κ2) is 10.2. The predicted molar refractivity (Wildman–Crippen MR) is 111 cm³/mol. The van der Waals surface area contributed by atoms with Crippen molar-refractivity contribution in [3.63, 3.8) is 0 Å². The van der Waals surface area contributed by atoms with Crippen LogP contribution in [0.2, 0.25) is 5.02 Å². The highest BCUT2D eigenvalue weighted by molar-refractivity contribution is 6.30. The average Bonchev–Trinajstić information content (AvgIpc) is 2.72. The molecule has 1 heterocycles. The van der Waals surface area contributed by atoms with Crippen LogP contribution in [-0.4, -0.2) is 25.6 Å². The maximum Gasteiger partial charge on any atom is 0.220 e. The lowest BCUT2D eigenvalue weighted by Crippen LogP contribution is -2.29. The standard InChI is InChI=1S/C22H27ClN2O2/c23-19-8-12-21(13-9-19)27-16-4-5-22(26)24-17-18-6-10-20(11-7-18)25-14-2-1-3-15-25/h6-13H,1-5,14-17H2,(H,24,26). The third-order valence-electron chi connectivity index (χ3n) is 4.78. The Labute approximate surface area is 166 Å². The second-order valence-corrected chi connectivity index (χ2v) is 7.33. The van der Waals surface area contributed by atoms with E-state index in [0.29, 0.717) is 31.0 Å². The van der Waals surface area contributed by atoms with Gasteiger partial charge in [0.25, 0.3) is 0 Å². The Balaban J connectivity index is 1.33. The summed E-state index contributed by atoms with van der Waals surface area (Å²) in [4.78, 5) is 14.4. The Kier molecular flexibility index (Phi) is 7.40. The molecule has 3 rings (SSSR count). The van der Waals surface area contributed by atoms with E-state index in [4.69, 9.17) is 16.3 Å². The van der Waals surface area contributed by atoms with Crippen molar-refractivity contribution >= 4 is 23.2 Å². The number of hydrogen-bond acceptors (Lipinski definition) is 3. The van der Waals surface area contributed by atoms with Crippen LogP contribution < -0.4 is 15.0 Å². The van der Waals surface area contributed by atoms with E-state index < -0.39 is 0 Å². The van der Waals surface area contributed by atoms with Crippen LogP contribution in [0.15, 0.2) is 48.5 Å². The van der Waals surface area contributed by atoms with Gasteiger partial charge in [0.1, 0.15) is 5.75 Å². The Morgan fingerprint density at radius 1 is 1.00 bits per heavy atom. The van der Waals surface area contributed by atoms with Gasteiger partial charge >= 0.3 is 0 Å². The maximum absolute atomic E-state index is 12.0. The van der Waals surface area contributed by atoms with Crippen LogP contribution in [0.3, 0.4) is 0 Å². The molecule has 0 aromatic heterocycles. The minimum atomic E-state index is 0.0508. The van der Waals surface area contributed by atoms with Crippen molar-refractivity contribution in [2.24, 2.45) is 0 Å². The summed E-state index contributed by atoms with van der Waals surface area (Å²) in [7, 11) is 0. The molecule has 2 aromatic carbocycles. The molecule has 2 aromatic rings. The zero-order chi connectivity index (χ0) is 18.9. The predicted octanol–water partition coefficient (Wildman–Crippen LogP) is 4.81. The molecule has 1 aliphatic rings. The fraction of sp³-hybridized carbons (Fsp3) is 0.409. The van der Waals surface area contributed by atoms with E-state index in [-0.39, 0.29) is 5.91 Å². The van der Waals surface area contributed by atoms with Crippen molar-refractivity contribution in [3.8, 4) is 5.75 Å². The number of nitrogens with one attached hydrogen (secondary N) is 1. The SMILES string of the molecule is O=C(CCCOc1ccc(Cl)cc1)NCc1ccc(N2CCCCC2)cc1. The molecule has 0 atom stereocenters. The van der Waals surface area contributed by atoms with Gasteiger partial charge in [-0.2, -0.15) is 0 Å². The molecule has 0 spiro atoms. The van der Waals surface area contributed by atoms with Crippen LogP contribution in [-0.2, 0) is 11.3 Å². The highest BCUT2D eigenvalue weighted by Gasteiger charge is 2.10. The van der Waals surface area contributed by atoms with E-state index in [1.807, 2.05) is 12.1 Å². The van der Waals surface area contributed by atoms with Crippen molar-refractivity contribution in [1.29, 1.82) is 0 Å². The Morgan fingerprint density at radius 3 is 2.41 bits per heavy atom. The number of carbonyl (C=O) groups excluding carboxylic acids is 1. The van der Waals surface area contributed by atoms with Crippen molar-refractivity contribution in [2.75, 3.05) is 24.6 Å². The van der Waals surface area contributed by atoms with Crippen molar-refractivity contribution < 1.29 is 9.53 Å². The first-order valence-corrected chi connectivity index (χ1v) is 10.1. The summed E-state index contributed by atoms with van der Waals surface area (Å²) in [6.07, 6.45) is 5.03. The minimum Gasteiger partial charge on any atom is -0.494 e.